The largest absolute Gasteiger partial charge is 0.316 e. The van der Waals surface area contributed by atoms with Crippen molar-refractivity contribution in [2.45, 2.75) is 57.8 Å². The van der Waals surface area contributed by atoms with Crippen LogP contribution >= 0.6 is 11.3 Å². The number of aromatic nitrogens is 1. The zero-order valence-electron chi connectivity index (χ0n) is 38.3. The number of hydrogen-bond acceptors (Lipinski definition) is 1. The monoisotopic (exact) mass is 875 g/mol. The molecule has 0 radical (unpaired) electrons. The highest BCUT2D eigenvalue weighted by Gasteiger charge is 2.39. The Kier molecular flexibility index (Phi) is 8.36. The van der Waals surface area contributed by atoms with Crippen molar-refractivity contribution in [1.29, 1.82) is 0 Å². The van der Waals surface area contributed by atoms with Gasteiger partial charge in [0.25, 0.3) is 0 Å². The molecule has 11 aromatic rings. The Morgan fingerprint density at radius 2 is 0.970 bits per heavy atom. The van der Waals surface area contributed by atoms with Crippen molar-refractivity contribution in [1.82, 2.24) is 4.57 Å². The van der Waals surface area contributed by atoms with Crippen LogP contribution in [0.4, 0.5) is 0 Å². The zero-order valence-corrected chi connectivity index (χ0v) is 39.1. The van der Waals surface area contributed by atoms with Crippen LogP contribution in [0.2, 0.25) is 0 Å². The summed E-state index contributed by atoms with van der Waals surface area (Å²) in [7, 11) is 0. The molecule has 0 fully saturated rings. The topological polar surface area (TPSA) is 4.93 Å². The quantitative estimate of drug-likeness (QED) is 0.155. The van der Waals surface area contributed by atoms with E-state index in [0.717, 1.165) is 12.8 Å². The molecule has 320 valence electrons. The second-order valence-corrected chi connectivity index (χ2v) is 21.1. The molecule has 9 aromatic carbocycles. The molecule has 14 rings (SSSR count). The van der Waals surface area contributed by atoms with Crippen LogP contribution in [0, 0.1) is 0 Å². The van der Waals surface area contributed by atoms with Gasteiger partial charge in [-0.25, -0.2) is 0 Å². The molecule has 0 bridgehead atoms. The Morgan fingerprint density at radius 1 is 0.448 bits per heavy atom. The fourth-order valence-corrected chi connectivity index (χ4v) is 13.9. The number of thiophene rings is 1. The summed E-state index contributed by atoms with van der Waals surface area (Å²) in [5, 5.41) is 10.7. The fraction of sp³-hybridized carbons (Fsp3) is 0.138. The SMILES string of the molecule is CC1CC(c2ccc(-c3ccccc3)cc2)=Cc2c3c(n(-c4ccc5c(c4)C(C)(C)c4ccc6c(sc7ccccc76)c4-5)c21)C(C)CC(c1ccc2c4ccccc4c4ccccc4c2c1)=C3. The molecule has 0 saturated heterocycles. The first kappa shape index (κ1) is 39.0. The minimum absolute atomic E-state index is 0.132. The predicted molar refractivity (Wildman–Crippen MR) is 289 cm³/mol. The number of fused-ring (bicyclic) bond motifs is 16. The van der Waals surface area contributed by atoms with Crippen molar-refractivity contribution in [2.75, 3.05) is 0 Å². The maximum Gasteiger partial charge on any atom is 0.0459 e. The lowest BCUT2D eigenvalue weighted by molar-refractivity contribution is 0.655. The molecular weight excluding hydrogens is 827 g/mol. The van der Waals surface area contributed by atoms with Gasteiger partial charge in [0.15, 0.2) is 0 Å². The van der Waals surface area contributed by atoms with Gasteiger partial charge in [0.05, 0.1) is 0 Å². The lowest BCUT2D eigenvalue weighted by Gasteiger charge is -2.27. The van der Waals surface area contributed by atoms with Gasteiger partial charge >= 0.3 is 0 Å². The van der Waals surface area contributed by atoms with E-state index in [1.807, 2.05) is 11.3 Å². The minimum Gasteiger partial charge on any atom is -0.316 e. The number of benzene rings is 9. The molecule has 2 heterocycles. The second kappa shape index (κ2) is 14.4. The first-order chi connectivity index (χ1) is 32.8. The Morgan fingerprint density at radius 3 is 1.64 bits per heavy atom. The highest BCUT2D eigenvalue weighted by atomic mass is 32.1. The number of allylic oxidation sites excluding steroid dienone is 2. The third-order valence-electron chi connectivity index (χ3n) is 15.8. The molecule has 0 amide bonds. The molecule has 0 N–H and O–H groups in total. The van der Waals surface area contributed by atoms with Crippen LogP contribution in [-0.2, 0) is 5.41 Å². The lowest BCUT2D eigenvalue weighted by atomic mass is 9.81. The Balaban J connectivity index is 0.966. The second-order valence-electron chi connectivity index (χ2n) is 20.1. The van der Waals surface area contributed by atoms with Crippen molar-refractivity contribution in [3.05, 3.63) is 221 Å². The van der Waals surface area contributed by atoms with Gasteiger partial charge in [0.2, 0.25) is 0 Å². The molecule has 3 aliphatic carbocycles. The van der Waals surface area contributed by atoms with E-state index in [1.54, 1.807) is 0 Å². The highest BCUT2D eigenvalue weighted by molar-refractivity contribution is 7.26. The standard InChI is InChI=1S/C65H49NS/c1-38-32-44(42-24-22-41(23-25-42)40-14-6-5-7-15-40)35-56-57-36-45(43-26-28-51-49-18-9-8-16-47(49)48-17-10-11-19-50(48)55(51)34-43)33-39(2)63(57)66(62(38)56)46-27-29-54-59(37-46)65(3,4)58-31-30-53-52-20-12-13-21-60(52)67-64(53)61(54)58/h5-31,34-39H,32-33H2,1-4H3. The van der Waals surface area contributed by atoms with Gasteiger partial charge in [0, 0.05) is 71.2 Å². The number of rotatable bonds is 4. The van der Waals surface area contributed by atoms with Gasteiger partial charge in [-0.05, 0) is 132 Å². The van der Waals surface area contributed by atoms with E-state index in [9.17, 15) is 0 Å². The molecule has 0 spiro atoms. The van der Waals surface area contributed by atoms with Crippen LogP contribution < -0.4 is 0 Å². The zero-order chi connectivity index (χ0) is 44.7. The number of hydrogen-bond donors (Lipinski definition) is 0. The van der Waals surface area contributed by atoms with Crippen molar-refractivity contribution in [2.24, 2.45) is 0 Å². The van der Waals surface area contributed by atoms with Crippen LogP contribution in [0.15, 0.2) is 176 Å². The van der Waals surface area contributed by atoms with E-state index in [1.165, 1.54) is 136 Å². The number of nitrogens with zero attached hydrogens (tertiary/aromatic N) is 1. The third kappa shape index (κ3) is 5.66. The van der Waals surface area contributed by atoms with Gasteiger partial charge in [-0.3, -0.25) is 0 Å². The van der Waals surface area contributed by atoms with E-state index < -0.39 is 0 Å². The van der Waals surface area contributed by atoms with E-state index in [0.29, 0.717) is 11.8 Å². The van der Waals surface area contributed by atoms with E-state index in [4.69, 9.17) is 0 Å². The summed E-state index contributed by atoms with van der Waals surface area (Å²) < 4.78 is 5.49. The maximum atomic E-state index is 2.72. The van der Waals surface area contributed by atoms with Crippen LogP contribution in [-0.4, -0.2) is 4.57 Å². The average molecular weight is 876 g/mol. The van der Waals surface area contributed by atoms with Crippen LogP contribution in [0.25, 0.3) is 104 Å². The first-order valence-electron chi connectivity index (χ1n) is 24.1. The lowest BCUT2D eigenvalue weighted by Crippen LogP contribution is -2.17. The highest BCUT2D eigenvalue weighted by Crippen LogP contribution is 2.56. The van der Waals surface area contributed by atoms with Crippen molar-refractivity contribution < 1.29 is 0 Å². The minimum atomic E-state index is -0.132. The molecular formula is C65H49NS. The van der Waals surface area contributed by atoms with E-state index in [-0.39, 0.29) is 5.41 Å². The van der Waals surface area contributed by atoms with Gasteiger partial charge < -0.3 is 4.57 Å². The molecule has 1 nitrogen and oxygen atoms in total. The van der Waals surface area contributed by atoms with Crippen molar-refractivity contribution in [3.8, 4) is 27.9 Å². The fourth-order valence-electron chi connectivity index (χ4n) is 12.7. The predicted octanol–water partition coefficient (Wildman–Crippen LogP) is 18.4. The smallest absolute Gasteiger partial charge is 0.0459 e. The summed E-state index contributed by atoms with van der Waals surface area (Å²) in [5.74, 6) is 0.617. The van der Waals surface area contributed by atoms with Crippen molar-refractivity contribution >= 4 is 87.1 Å². The molecule has 2 atom stereocenters. The van der Waals surface area contributed by atoms with Crippen molar-refractivity contribution in [3.63, 3.8) is 0 Å². The van der Waals surface area contributed by atoms with Gasteiger partial charge in [-0.2, -0.15) is 0 Å². The van der Waals surface area contributed by atoms with Gasteiger partial charge in [-0.1, -0.05) is 179 Å². The van der Waals surface area contributed by atoms with Crippen LogP contribution in [0.3, 0.4) is 0 Å². The molecule has 2 aromatic heterocycles. The molecule has 0 saturated carbocycles. The summed E-state index contributed by atoms with van der Waals surface area (Å²) in [6.45, 7) is 9.82. The summed E-state index contributed by atoms with van der Waals surface area (Å²) in [5.41, 5.74) is 20.4. The van der Waals surface area contributed by atoms with Crippen LogP contribution in [0.5, 0.6) is 0 Å². The molecule has 0 aliphatic heterocycles. The average Bonchev–Trinajstić information content (AvgIpc) is 4.00. The van der Waals surface area contributed by atoms with E-state index >= 15 is 0 Å². The third-order valence-corrected chi connectivity index (χ3v) is 17.1. The molecule has 3 aliphatic rings. The normalized spacial score (nSPS) is 17.1. The molecule has 2 unspecified atom stereocenters. The maximum absolute atomic E-state index is 2.72. The molecule has 2 heteroatoms. The summed E-state index contributed by atoms with van der Waals surface area (Å²) in [6.07, 6.45) is 7.10. The van der Waals surface area contributed by atoms with Gasteiger partial charge in [-0.15, -0.1) is 11.3 Å². The first-order valence-corrected chi connectivity index (χ1v) is 24.9. The summed E-state index contributed by atoms with van der Waals surface area (Å²) >= 11 is 1.95. The Hall–Kier alpha value is -7.26. The Labute approximate surface area is 396 Å². The summed E-state index contributed by atoms with van der Waals surface area (Å²) in [6, 6.07) is 66.3. The Bertz CT molecular complexity index is 3930. The summed E-state index contributed by atoms with van der Waals surface area (Å²) in [4.78, 5) is 0. The molecule has 67 heavy (non-hydrogen) atoms. The van der Waals surface area contributed by atoms with Crippen LogP contribution in [0.1, 0.15) is 97.1 Å². The van der Waals surface area contributed by atoms with Gasteiger partial charge in [0.1, 0.15) is 0 Å². The van der Waals surface area contributed by atoms with E-state index in [2.05, 4.69) is 220 Å².